The van der Waals surface area contributed by atoms with E-state index in [9.17, 15) is 9.59 Å². The molecule has 3 aromatic rings. The summed E-state index contributed by atoms with van der Waals surface area (Å²) in [5, 5.41) is 0.249. The summed E-state index contributed by atoms with van der Waals surface area (Å²) in [7, 11) is -3.23. The minimum Gasteiger partial charge on any atom is -0.417 e. The third kappa shape index (κ3) is 7.35. The first-order valence-electron chi connectivity index (χ1n) is 13.3. The summed E-state index contributed by atoms with van der Waals surface area (Å²) in [6.45, 7) is 19.4. The Morgan fingerprint density at radius 3 is 2.21 bits per heavy atom. The van der Waals surface area contributed by atoms with Gasteiger partial charge in [-0.15, -0.1) is 0 Å². The molecule has 210 valence electrons. The number of halogens is 1. The van der Waals surface area contributed by atoms with E-state index in [0.717, 1.165) is 11.6 Å². The Labute approximate surface area is 232 Å². The van der Waals surface area contributed by atoms with Crippen LogP contribution in [-0.4, -0.2) is 48.3 Å². The van der Waals surface area contributed by atoms with Crippen LogP contribution >= 0.6 is 11.6 Å². The number of hydrogen-bond donors (Lipinski definition) is 0. The van der Waals surface area contributed by atoms with Crippen LogP contribution in [-0.2, 0) is 29.0 Å². The topological polar surface area (TPSA) is 80.3 Å². The lowest BCUT2D eigenvalue weighted by atomic mass is 10.2. The molecule has 0 atom stereocenters. The fraction of sp³-hybridized carbons (Fsp3) is 0.593. The molecule has 0 N–H and O–H groups in total. The van der Waals surface area contributed by atoms with Crippen LogP contribution < -0.4 is 11.2 Å². The Hall–Kier alpha value is -1.99. The van der Waals surface area contributed by atoms with Crippen LogP contribution in [0.5, 0.6) is 0 Å². The van der Waals surface area contributed by atoms with Crippen LogP contribution in [0.15, 0.2) is 39.9 Å². The fourth-order valence-corrected chi connectivity index (χ4v) is 5.86. The first-order valence-corrected chi connectivity index (χ1v) is 20.3. The summed E-state index contributed by atoms with van der Waals surface area (Å²) < 4.78 is 16.6. The van der Waals surface area contributed by atoms with Gasteiger partial charge in [0.2, 0.25) is 5.28 Å². The van der Waals surface area contributed by atoms with E-state index in [1.54, 1.807) is 4.57 Å². The molecule has 3 rings (SSSR count). The largest absolute Gasteiger partial charge is 0.417 e. The van der Waals surface area contributed by atoms with Crippen molar-refractivity contribution in [3.8, 4) is 0 Å². The smallest absolute Gasteiger partial charge is 0.334 e. The molecule has 0 radical (unpaired) electrons. The molecule has 0 fully saturated rings. The SMILES string of the molecule is CC(C)(C)[Si](C)(C)OCCCn1c(=O)c2c(nc(Cl)n2Cc2ccccc2)n(COCC[Si](C)(C)C)c1=O. The van der Waals surface area contributed by atoms with Crippen molar-refractivity contribution in [3.63, 3.8) is 0 Å². The monoisotopic (exact) mass is 578 g/mol. The van der Waals surface area contributed by atoms with Gasteiger partial charge < -0.3 is 13.7 Å². The molecule has 2 aromatic heterocycles. The molecule has 11 heteroatoms. The van der Waals surface area contributed by atoms with Crippen LogP contribution in [0.1, 0.15) is 32.8 Å². The highest BCUT2D eigenvalue weighted by molar-refractivity contribution is 6.76. The van der Waals surface area contributed by atoms with Crippen molar-refractivity contribution in [1.82, 2.24) is 18.7 Å². The number of benzene rings is 1. The summed E-state index contributed by atoms with van der Waals surface area (Å²) in [6, 6.07) is 10.7. The molecule has 1 aromatic carbocycles. The molecule has 0 aliphatic carbocycles. The molecule has 0 aliphatic heterocycles. The minimum atomic E-state index is -1.93. The van der Waals surface area contributed by atoms with Gasteiger partial charge >= 0.3 is 5.69 Å². The average Bonchev–Trinajstić information content (AvgIpc) is 3.13. The van der Waals surface area contributed by atoms with Crippen molar-refractivity contribution in [3.05, 3.63) is 62.0 Å². The van der Waals surface area contributed by atoms with Crippen LogP contribution in [0.4, 0.5) is 0 Å². The molecule has 0 amide bonds. The second-order valence-corrected chi connectivity index (χ2v) is 23.4. The summed E-state index contributed by atoms with van der Waals surface area (Å²) in [6.07, 6.45) is 0.546. The van der Waals surface area contributed by atoms with Crippen LogP contribution in [0.3, 0.4) is 0 Å². The van der Waals surface area contributed by atoms with Crippen LogP contribution in [0.25, 0.3) is 11.2 Å². The van der Waals surface area contributed by atoms with Crippen LogP contribution in [0.2, 0.25) is 49.1 Å². The van der Waals surface area contributed by atoms with Gasteiger partial charge in [-0.25, -0.2) is 4.79 Å². The van der Waals surface area contributed by atoms with Gasteiger partial charge in [-0.1, -0.05) is 70.7 Å². The molecule has 0 spiro atoms. The predicted octanol–water partition coefficient (Wildman–Crippen LogP) is 5.79. The summed E-state index contributed by atoms with van der Waals surface area (Å²) in [5.74, 6) is 0. The Bertz CT molecular complexity index is 1350. The number of hydrogen-bond acceptors (Lipinski definition) is 5. The highest BCUT2D eigenvalue weighted by atomic mass is 35.5. The van der Waals surface area contributed by atoms with E-state index >= 15 is 0 Å². The molecule has 8 nitrogen and oxygen atoms in total. The Kier molecular flexibility index (Phi) is 9.68. The summed E-state index contributed by atoms with van der Waals surface area (Å²) >= 11 is 6.54. The standard InChI is InChI=1S/C27H43ClN4O4Si2/c1-27(2,3)38(7,8)36-16-12-15-30-24(33)22-23(32(26(30)34)20-35-17-18-37(4,5)6)29-25(28)31(22)19-21-13-10-9-11-14-21/h9-11,13-14H,12,15-20H2,1-8H3. The molecule has 0 saturated carbocycles. The first-order chi connectivity index (χ1) is 17.6. The normalized spacial score (nSPS) is 13.0. The second-order valence-electron chi connectivity index (χ2n) is 12.6. The minimum absolute atomic E-state index is 0.0131. The third-order valence-corrected chi connectivity index (χ3v) is 13.8. The van der Waals surface area contributed by atoms with Gasteiger partial charge in [-0.3, -0.25) is 13.9 Å². The van der Waals surface area contributed by atoms with E-state index in [2.05, 4.69) is 58.5 Å². The lowest BCUT2D eigenvalue weighted by Gasteiger charge is -2.36. The maximum Gasteiger partial charge on any atom is 0.334 e. The Morgan fingerprint density at radius 2 is 1.61 bits per heavy atom. The number of aromatic nitrogens is 4. The maximum absolute atomic E-state index is 13.7. The van der Waals surface area contributed by atoms with Gasteiger partial charge in [0.05, 0.1) is 6.54 Å². The Morgan fingerprint density at radius 1 is 0.947 bits per heavy atom. The number of rotatable bonds is 12. The fourth-order valence-electron chi connectivity index (χ4n) is 3.79. The van der Waals surface area contributed by atoms with Gasteiger partial charge in [0.1, 0.15) is 6.73 Å². The summed E-state index contributed by atoms with van der Waals surface area (Å²) in [4.78, 5) is 31.7. The second kappa shape index (κ2) is 12.0. The lowest BCUT2D eigenvalue weighted by molar-refractivity contribution is 0.0853. The zero-order chi connectivity index (χ0) is 28.3. The molecular weight excluding hydrogens is 536 g/mol. The van der Waals surface area contributed by atoms with Crippen molar-refractivity contribution in [1.29, 1.82) is 0 Å². The van der Waals surface area contributed by atoms with Crippen molar-refractivity contribution >= 4 is 39.2 Å². The predicted molar refractivity (Wildman–Crippen MR) is 161 cm³/mol. The molecule has 2 heterocycles. The number of imidazole rings is 1. The van der Waals surface area contributed by atoms with E-state index in [1.165, 1.54) is 9.13 Å². The van der Waals surface area contributed by atoms with Gasteiger partial charge in [-0.05, 0) is 47.8 Å². The van der Waals surface area contributed by atoms with E-state index in [4.69, 9.17) is 20.8 Å². The Balaban J connectivity index is 1.97. The number of fused-ring (bicyclic) bond motifs is 1. The number of ether oxygens (including phenoxy) is 1. The van der Waals surface area contributed by atoms with Crippen molar-refractivity contribution in [2.75, 3.05) is 13.2 Å². The van der Waals surface area contributed by atoms with E-state index in [-0.39, 0.29) is 29.2 Å². The lowest BCUT2D eigenvalue weighted by Crippen LogP contribution is -2.43. The average molecular weight is 579 g/mol. The molecule has 0 saturated heterocycles. The zero-order valence-corrected chi connectivity index (χ0v) is 26.9. The van der Waals surface area contributed by atoms with Crippen molar-refractivity contribution < 1.29 is 9.16 Å². The number of nitrogens with zero attached hydrogens (tertiary/aromatic N) is 4. The molecule has 0 unspecified atom stereocenters. The van der Waals surface area contributed by atoms with Gasteiger partial charge in [0, 0.05) is 27.8 Å². The third-order valence-electron chi connectivity index (χ3n) is 7.26. The van der Waals surface area contributed by atoms with E-state index in [1.807, 2.05) is 30.3 Å². The highest BCUT2D eigenvalue weighted by Gasteiger charge is 2.36. The van der Waals surface area contributed by atoms with E-state index < -0.39 is 27.6 Å². The van der Waals surface area contributed by atoms with Crippen LogP contribution in [0, 0.1) is 0 Å². The first kappa shape index (κ1) is 30.6. The quantitative estimate of drug-likeness (QED) is 0.154. The summed E-state index contributed by atoms with van der Waals surface area (Å²) in [5.41, 5.74) is 0.696. The highest BCUT2D eigenvalue weighted by Crippen LogP contribution is 2.36. The van der Waals surface area contributed by atoms with Gasteiger partial charge in [0.15, 0.2) is 19.5 Å². The van der Waals surface area contributed by atoms with E-state index in [0.29, 0.717) is 31.7 Å². The molecule has 0 bridgehead atoms. The maximum atomic E-state index is 13.7. The molecule has 0 aliphatic rings. The van der Waals surface area contributed by atoms with Crippen molar-refractivity contribution in [2.45, 2.75) is 90.8 Å². The molecular formula is C27H43ClN4O4Si2. The van der Waals surface area contributed by atoms with Gasteiger partial charge in [0.25, 0.3) is 5.56 Å². The van der Waals surface area contributed by atoms with Gasteiger partial charge in [-0.2, -0.15) is 4.98 Å². The molecule has 38 heavy (non-hydrogen) atoms. The van der Waals surface area contributed by atoms with Crippen molar-refractivity contribution in [2.24, 2.45) is 0 Å². The zero-order valence-electron chi connectivity index (χ0n) is 24.1.